The lowest BCUT2D eigenvalue weighted by Crippen LogP contribution is -2.78. The number of phenolic OH excluding ortho intramolecular Hbond substituents is 2. The minimum atomic E-state index is -1.10. The maximum absolute atomic E-state index is 13.3. The number of carbonyl (C=O) groups is 6. The zero-order chi connectivity index (χ0) is 49.9. The molecule has 6 fully saturated rings. The molecule has 20 nitrogen and oxygen atoms in total. The smallest absolute Gasteiger partial charge is 0.244 e. The van der Waals surface area contributed by atoms with Crippen LogP contribution in [-0.4, -0.2) is 166 Å². The van der Waals surface area contributed by atoms with Crippen LogP contribution in [0.1, 0.15) is 86.5 Å². The standard InChI is InChI=1S/C52H64N8O12/c61-33-7-5-29-19-35-51(69)13-11-31(47-49(51,43(29)45(33)71-47)15-17-59(35)25-27-1-2-27)57-41(67)23-55-39(65)21-53-37(63)9-10-38(64)54-22-40(66)56-24-42(68)58-32-12-14-52(70)36-20-30-6-8-34(62)46-44(30)50(52,48(32)72-46)16-18-60(36)26-28-3-4-28/h5-10,27-28,31-32,35-36,47-48,61-62,69-70H,1-4,11-26H2,(H,53,63)(H,54,64)(H,55,65)(H,56,66)(H,57,67)(H,58,68)/b10-9+. The number of hydrogen-bond acceptors (Lipinski definition) is 14. The average molecular weight is 993 g/mol. The van der Waals surface area contributed by atoms with E-state index in [-0.39, 0.29) is 36.7 Å². The lowest BCUT2D eigenvalue weighted by Gasteiger charge is -2.64. The lowest BCUT2D eigenvalue weighted by molar-refractivity contribution is -0.192. The zero-order valence-electron chi connectivity index (χ0n) is 40.2. The molecule has 2 aromatic carbocycles. The molecule has 384 valence electrons. The quantitative estimate of drug-likeness (QED) is 0.0897. The van der Waals surface area contributed by atoms with Gasteiger partial charge in [-0.05, 0) is 125 Å². The number of piperidine rings is 2. The first-order chi connectivity index (χ1) is 34.6. The van der Waals surface area contributed by atoms with Gasteiger partial charge in [0, 0.05) is 48.5 Å². The fourth-order valence-corrected chi connectivity index (χ4v) is 14.9. The van der Waals surface area contributed by atoms with Crippen LogP contribution in [0.25, 0.3) is 0 Å². The Labute approximate surface area is 416 Å². The van der Waals surface area contributed by atoms with E-state index in [0.717, 1.165) is 60.6 Å². The van der Waals surface area contributed by atoms with Gasteiger partial charge in [0.2, 0.25) is 35.4 Å². The highest BCUT2D eigenvalue weighted by Crippen LogP contribution is 2.67. The Hall–Kier alpha value is -5.96. The molecular weight excluding hydrogens is 929 g/mol. The van der Waals surface area contributed by atoms with Crippen molar-refractivity contribution in [2.24, 2.45) is 11.8 Å². The van der Waals surface area contributed by atoms with Gasteiger partial charge in [-0.2, -0.15) is 0 Å². The van der Waals surface area contributed by atoms with Crippen molar-refractivity contribution in [1.29, 1.82) is 0 Å². The summed E-state index contributed by atoms with van der Waals surface area (Å²) in [7, 11) is 0. The summed E-state index contributed by atoms with van der Waals surface area (Å²) in [5.74, 6) is -1.76. The number of aromatic hydroxyl groups is 2. The zero-order valence-corrected chi connectivity index (χ0v) is 40.2. The summed E-state index contributed by atoms with van der Waals surface area (Å²) < 4.78 is 13.0. The fraction of sp³-hybridized carbons (Fsp3) is 0.615. The van der Waals surface area contributed by atoms with Gasteiger partial charge in [-0.25, -0.2) is 0 Å². The number of aliphatic hydroxyl groups is 2. The first-order valence-electron chi connectivity index (χ1n) is 25.9. The molecule has 4 heterocycles. The van der Waals surface area contributed by atoms with Crippen LogP contribution in [0.5, 0.6) is 23.0 Å². The number of carbonyl (C=O) groups excluding carboxylic acids is 6. The van der Waals surface area contributed by atoms with Gasteiger partial charge < -0.3 is 61.8 Å². The second-order valence-electron chi connectivity index (χ2n) is 22.3. The third-order valence-electron chi connectivity index (χ3n) is 18.3. The Morgan fingerprint density at radius 3 is 1.36 bits per heavy atom. The van der Waals surface area contributed by atoms with Gasteiger partial charge in [-0.1, -0.05) is 12.1 Å². The van der Waals surface area contributed by atoms with Gasteiger partial charge >= 0.3 is 0 Å². The van der Waals surface area contributed by atoms with Crippen LogP contribution in [0.4, 0.5) is 0 Å². The Balaban J connectivity index is 0.574. The molecule has 2 saturated heterocycles. The number of likely N-dealkylation sites (tertiary alicyclic amines) is 2. The molecule has 6 aliphatic carbocycles. The van der Waals surface area contributed by atoms with Gasteiger partial charge in [0.1, 0.15) is 12.2 Å². The highest BCUT2D eigenvalue weighted by molar-refractivity contribution is 5.99. The molecule has 10 unspecified atom stereocenters. The van der Waals surface area contributed by atoms with Crippen LogP contribution in [0.15, 0.2) is 36.4 Å². The predicted octanol–water partition coefficient (Wildman–Crippen LogP) is -1.08. The van der Waals surface area contributed by atoms with E-state index in [4.69, 9.17) is 9.47 Å². The molecule has 10 aliphatic rings. The van der Waals surface area contributed by atoms with E-state index >= 15 is 0 Å². The first kappa shape index (κ1) is 47.1. The molecule has 72 heavy (non-hydrogen) atoms. The molecule has 12 rings (SSSR count). The van der Waals surface area contributed by atoms with Crippen molar-refractivity contribution in [3.05, 3.63) is 58.7 Å². The number of ether oxygens (including phenoxy) is 2. The number of nitrogens with zero attached hydrogens (tertiary/aromatic N) is 2. The Bertz CT molecular complexity index is 2500. The second-order valence-corrected chi connectivity index (χ2v) is 22.3. The monoisotopic (exact) mass is 992 g/mol. The molecular formula is C52H64N8O12. The number of rotatable bonds is 16. The lowest BCUT2D eigenvalue weighted by atomic mass is 9.48. The summed E-state index contributed by atoms with van der Waals surface area (Å²) in [6.45, 7) is 1.69. The van der Waals surface area contributed by atoms with Gasteiger partial charge in [-0.3, -0.25) is 38.6 Å². The average Bonchev–Trinajstić information content (AvgIpc) is 4.29. The fourth-order valence-electron chi connectivity index (χ4n) is 14.9. The number of hydrogen-bond donors (Lipinski definition) is 10. The summed E-state index contributed by atoms with van der Waals surface area (Å²) >= 11 is 0. The number of phenols is 2. The molecule has 20 heteroatoms. The first-order valence-corrected chi connectivity index (χ1v) is 25.9. The van der Waals surface area contributed by atoms with E-state index in [9.17, 15) is 49.2 Å². The Morgan fingerprint density at radius 2 is 0.958 bits per heavy atom. The molecule has 4 saturated carbocycles. The maximum atomic E-state index is 13.3. The van der Waals surface area contributed by atoms with Crippen LogP contribution in [0.2, 0.25) is 0 Å². The maximum Gasteiger partial charge on any atom is 0.244 e. The van der Waals surface area contributed by atoms with E-state index in [1.54, 1.807) is 12.1 Å². The van der Waals surface area contributed by atoms with Crippen molar-refractivity contribution in [2.75, 3.05) is 52.4 Å². The van der Waals surface area contributed by atoms with Crippen molar-refractivity contribution in [3.63, 3.8) is 0 Å². The minimum absolute atomic E-state index is 0.00509. The normalized spacial score (nSPS) is 34.1. The van der Waals surface area contributed by atoms with E-state index in [1.165, 1.54) is 25.7 Å². The van der Waals surface area contributed by atoms with Gasteiger partial charge in [-0.15, -0.1) is 0 Å². The van der Waals surface area contributed by atoms with E-state index in [1.807, 2.05) is 12.1 Å². The summed E-state index contributed by atoms with van der Waals surface area (Å²) in [4.78, 5) is 81.7. The molecule has 4 aliphatic heterocycles. The van der Waals surface area contributed by atoms with Gasteiger partial charge in [0.25, 0.3) is 0 Å². The molecule has 2 spiro atoms. The summed E-state index contributed by atoms with van der Waals surface area (Å²) in [5, 5.41) is 62.8. The van der Waals surface area contributed by atoms with Crippen molar-refractivity contribution in [1.82, 2.24) is 41.7 Å². The van der Waals surface area contributed by atoms with Crippen molar-refractivity contribution in [2.45, 2.75) is 135 Å². The third-order valence-corrected chi connectivity index (χ3v) is 18.3. The van der Waals surface area contributed by atoms with Gasteiger partial charge in [0.05, 0.1) is 60.3 Å². The van der Waals surface area contributed by atoms with Crippen LogP contribution >= 0.6 is 0 Å². The van der Waals surface area contributed by atoms with Gasteiger partial charge in [0.15, 0.2) is 23.0 Å². The van der Waals surface area contributed by atoms with E-state index in [2.05, 4.69) is 41.7 Å². The molecule has 4 bridgehead atoms. The highest BCUT2D eigenvalue weighted by Gasteiger charge is 2.75. The topological polar surface area (TPSA) is 280 Å². The predicted molar refractivity (Wildman–Crippen MR) is 255 cm³/mol. The van der Waals surface area contributed by atoms with Crippen LogP contribution in [-0.2, 0) is 52.4 Å². The highest BCUT2D eigenvalue weighted by atomic mass is 16.5. The van der Waals surface area contributed by atoms with Crippen LogP contribution in [0.3, 0.4) is 0 Å². The number of nitrogens with one attached hydrogen (secondary N) is 6. The molecule has 0 aromatic heterocycles. The van der Waals surface area contributed by atoms with Crippen LogP contribution in [0, 0.1) is 11.8 Å². The SMILES string of the molecule is O=C(/C=C/C(=O)NCC(=O)NCC(=O)NC1CCC2(O)C3Cc4ccc(O)c5c4C2(CCN3CC2CC2)C1O5)NCC(=O)NCC(=O)NC1CCC2(O)C3Cc4ccc(O)c5c4C2(CCN3CC2CC2)C1O5. The molecule has 0 radical (unpaired) electrons. The largest absolute Gasteiger partial charge is 0.504 e. The summed E-state index contributed by atoms with van der Waals surface area (Å²) in [6, 6.07) is 5.92. The van der Waals surface area contributed by atoms with E-state index in [0.29, 0.717) is 74.7 Å². The van der Waals surface area contributed by atoms with Crippen LogP contribution < -0.4 is 41.4 Å². The van der Waals surface area contributed by atoms with Crippen molar-refractivity contribution in [3.8, 4) is 23.0 Å². The second kappa shape index (κ2) is 17.3. The molecule has 2 aromatic rings. The molecule has 6 amide bonds. The Morgan fingerprint density at radius 1 is 0.556 bits per heavy atom. The summed E-state index contributed by atoms with van der Waals surface area (Å²) in [6.07, 6.45) is 9.65. The van der Waals surface area contributed by atoms with E-state index < -0.39 is 94.9 Å². The number of benzene rings is 2. The minimum Gasteiger partial charge on any atom is -0.504 e. The summed E-state index contributed by atoms with van der Waals surface area (Å²) in [5.41, 5.74) is -0.0260. The number of amides is 6. The van der Waals surface area contributed by atoms with Crippen molar-refractivity contribution < 1.29 is 58.7 Å². The third kappa shape index (κ3) is 7.43. The van der Waals surface area contributed by atoms with Crippen molar-refractivity contribution >= 4 is 35.4 Å². The Kier molecular flexibility index (Phi) is 11.3. The molecule has 10 atom stereocenters. The molecule has 10 N–H and O–H groups in total.